The predicted molar refractivity (Wildman–Crippen MR) is 154 cm³/mol. The largest absolute Gasteiger partial charge is 0.497 e. The van der Waals surface area contributed by atoms with Crippen LogP contribution in [0.15, 0.2) is 42.7 Å². The number of aromatic nitrogens is 1. The van der Waals surface area contributed by atoms with Crippen LogP contribution in [0.5, 0.6) is 5.75 Å². The molecule has 2 aromatic rings. The second-order valence-corrected chi connectivity index (χ2v) is 9.22. The molecule has 41 heavy (non-hydrogen) atoms. The van der Waals surface area contributed by atoms with Gasteiger partial charge in [-0.1, -0.05) is 12.1 Å². The van der Waals surface area contributed by atoms with Crippen LogP contribution < -0.4 is 27.3 Å². The highest BCUT2D eigenvalue weighted by atomic mass is 16.5. The maximum Gasteiger partial charge on any atom is 0.243 e. The van der Waals surface area contributed by atoms with Gasteiger partial charge in [-0.2, -0.15) is 0 Å². The van der Waals surface area contributed by atoms with E-state index < -0.39 is 11.8 Å². The summed E-state index contributed by atoms with van der Waals surface area (Å²) in [7, 11) is 1.55. The number of benzene rings is 1. The smallest absolute Gasteiger partial charge is 0.243 e. The van der Waals surface area contributed by atoms with Gasteiger partial charge in [0.25, 0.3) is 0 Å². The van der Waals surface area contributed by atoms with Gasteiger partial charge in [0.15, 0.2) is 0 Å². The van der Waals surface area contributed by atoms with E-state index in [1.165, 1.54) is 14.7 Å². The Hall–Kier alpha value is -3.98. The summed E-state index contributed by atoms with van der Waals surface area (Å²) in [5, 5.41) is 3.05. The van der Waals surface area contributed by atoms with E-state index in [0.717, 1.165) is 22.4 Å². The molecule has 226 valence electrons. The molecule has 0 atom stereocenters. The number of amides is 4. The minimum Gasteiger partial charge on any atom is -0.497 e. The Labute approximate surface area is 240 Å². The normalized spacial score (nSPS) is 10.7. The molecule has 0 aliphatic carbocycles. The van der Waals surface area contributed by atoms with E-state index in [9.17, 15) is 19.2 Å². The topological polar surface area (TPSA) is 196 Å². The molecule has 0 aliphatic heterocycles. The molecule has 1 aromatic heterocycles. The number of nitrogens with zero attached hydrogens (tertiary/aromatic N) is 4. The minimum atomic E-state index is -0.542. The first-order chi connectivity index (χ1) is 19.8. The van der Waals surface area contributed by atoms with Crippen molar-refractivity contribution in [1.82, 2.24) is 29.9 Å². The van der Waals surface area contributed by atoms with Crippen molar-refractivity contribution in [3.63, 3.8) is 0 Å². The fourth-order valence-corrected chi connectivity index (χ4v) is 3.94. The number of H-pyrrole nitrogens is 1. The van der Waals surface area contributed by atoms with Gasteiger partial charge in [0, 0.05) is 25.5 Å². The highest BCUT2D eigenvalue weighted by Crippen LogP contribution is 2.14. The van der Waals surface area contributed by atoms with Gasteiger partial charge in [0.05, 0.1) is 33.7 Å². The molecule has 0 spiro atoms. The molecular weight excluding hydrogens is 530 g/mol. The number of rotatable bonds is 18. The molecule has 1 heterocycles. The Bertz CT molecular complexity index is 1090. The van der Waals surface area contributed by atoms with E-state index in [-0.39, 0.29) is 64.5 Å². The summed E-state index contributed by atoms with van der Waals surface area (Å²) in [5.41, 5.74) is 19.1. The van der Waals surface area contributed by atoms with Crippen molar-refractivity contribution in [2.24, 2.45) is 17.2 Å². The average molecular weight is 574 g/mol. The van der Waals surface area contributed by atoms with E-state index in [1.807, 2.05) is 18.5 Å². The summed E-state index contributed by atoms with van der Waals surface area (Å²) < 4.78 is 5.19. The van der Waals surface area contributed by atoms with Crippen molar-refractivity contribution < 1.29 is 23.9 Å². The molecule has 4 amide bonds. The lowest BCUT2D eigenvalue weighted by atomic mass is 10.2. The molecule has 0 saturated heterocycles. The Morgan fingerprint density at radius 3 is 1.88 bits per heavy atom. The third-order valence-electron chi connectivity index (χ3n) is 6.49. The van der Waals surface area contributed by atoms with Crippen molar-refractivity contribution in [3.05, 3.63) is 53.9 Å². The fraction of sp³-hybridized carbons (Fsp3) is 0.481. The van der Waals surface area contributed by atoms with Crippen LogP contribution in [0.2, 0.25) is 0 Å². The standard InChI is InChI=1S/C27H43N9O5/c1-3-33(18-28)25(38)15-34(14-22-4-6-23(41-2)7-5-22)26(39)16-36(20-30)27(40)17-35(19-29)24(37)13-32-11-9-21-8-10-31-12-21/h4-8,10,12,31-32H,3,9,11,13-20,28-30H2,1-2H3. The Morgan fingerprint density at radius 2 is 1.34 bits per heavy atom. The van der Waals surface area contributed by atoms with E-state index >= 15 is 0 Å². The molecule has 14 heteroatoms. The molecule has 14 nitrogen and oxygen atoms in total. The van der Waals surface area contributed by atoms with Crippen LogP contribution >= 0.6 is 0 Å². The highest BCUT2D eigenvalue weighted by Gasteiger charge is 2.26. The third-order valence-corrected chi connectivity index (χ3v) is 6.49. The van der Waals surface area contributed by atoms with Crippen molar-refractivity contribution in [1.29, 1.82) is 0 Å². The van der Waals surface area contributed by atoms with Gasteiger partial charge in [-0.15, -0.1) is 0 Å². The lowest BCUT2D eigenvalue weighted by molar-refractivity contribution is -0.146. The van der Waals surface area contributed by atoms with Crippen LogP contribution in [0.25, 0.3) is 0 Å². The first-order valence-electron chi connectivity index (χ1n) is 13.4. The number of hydrogen-bond acceptors (Lipinski definition) is 9. The molecule has 0 bridgehead atoms. The van der Waals surface area contributed by atoms with Crippen LogP contribution in [0.3, 0.4) is 0 Å². The summed E-state index contributed by atoms with van der Waals surface area (Å²) in [4.78, 5) is 59.9. The zero-order valence-electron chi connectivity index (χ0n) is 23.9. The zero-order valence-corrected chi connectivity index (χ0v) is 23.9. The number of ether oxygens (including phenoxy) is 1. The van der Waals surface area contributed by atoms with Gasteiger partial charge in [-0.05, 0) is 49.2 Å². The molecule has 1 aromatic carbocycles. The van der Waals surface area contributed by atoms with Gasteiger partial charge in [0.2, 0.25) is 23.6 Å². The second kappa shape index (κ2) is 17.7. The Kier molecular flexibility index (Phi) is 14.3. The van der Waals surface area contributed by atoms with Gasteiger partial charge in [0.1, 0.15) is 25.4 Å². The van der Waals surface area contributed by atoms with Crippen molar-refractivity contribution in [2.45, 2.75) is 19.9 Å². The maximum atomic E-state index is 13.4. The van der Waals surface area contributed by atoms with Crippen LogP contribution in [0, 0.1) is 0 Å². The SMILES string of the molecule is CCN(CN)C(=O)CN(Cc1ccc(OC)cc1)C(=O)CN(CN)C(=O)CN(CN)C(=O)CNCCc1cc[nH]c1. The number of likely N-dealkylation sites (N-methyl/N-ethyl adjacent to an activating group) is 1. The minimum absolute atomic E-state index is 0.00325. The lowest BCUT2D eigenvalue weighted by Gasteiger charge is -2.30. The summed E-state index contributed by atoms with van der Waals surface area (Å²) in [6.45, 7) is 1.48. The van der Waals surface area contributed by atoms with E-state index in [4.69, 9.17) is 21.9 Å². The molecule has 8 N–H and O–H groups in total. The van der Waals surface area contributed by atoms with Gasteiger partial charge in [-0.3, -0.25) is 19.2 Å². The van der Waals surface area contributed by atoms with Crippen LogP contribution in [-0.4, -0.2) is 115 Å². The van der Waals surface area contributed by atoms with Gasteiger partial charge < -0.3 is 51.8 Å². The molecular formula is C27H43N9O5. The van der Waals surface area contributed by atoms with E-state index in [2.05, 4.69) is 10.3 Å². The summed E-state index contributed by atoms with van der Waals surface area (Å²) in [6.07, 6.45) is 4.44. The fourth-order valence-electron chi connectivity index (χ4n) is 3.94. The van der Waals surface area contributed by atoms with Gasteiger partial charge in [-0.25, -0.2) is 0 Å². The molecule has 0 fully saturated rings. The number of aromatic amines is 1. The second-order valence-electron chi connectivity index (χ2n) is 9.22. The van der Waals surface area contributed by atoms with E-state index in [0.29, 0.717) is 18.8 Å². The number of nitrogens with one attached hydrogen (secondary N) is 2. The zero-order chi connectivity index (χ0) is 30.2. The van der Waals surface area contributed by atoms with Crippen molar-refractivity contribution in [3.8, 4) is 5.75 Å². The summed E-state index contributed by atoms with van der Waals surface area (Å²) >= 11 is 0. The molecule has 0 aliphatic rings. The van der Waals surface area contributed by atoms with Crippen molar-refractivity contribution in [2.75, 3.05) is 66.4 Å². The van der Waals surface area contributed by atoms with Crippen LogP contribution in [-0.2, 0) is 32.1 Å². The van der Waals surface area contributed by atoms with Gasteiger partial charge >= 0.3 is 0 Å². The maximum absolute atomic E-state index is 13.4. The summed E-state index contributed by atoms with van der Waals surface area (Å²) in [6, 6.07) is 9.02. The Balaban J connectivity index is 2.02. The lowest BCUT2D eigenvalue weighted by Crippen LogP contribution is -2.52. The number of carbonyl (C=O) groups excluding carboxylic acids is 4. The monoisotopic (exact) mass is 573 g/mol. The van der Waals surface area contributed by atoms with Crippen molar-refractivity contribution >= 4 is 23.6 Å². The quantitative estimate of drug-likeness (QED) is 0.103. The first kappa shape index (κ1) is 33.2. The average Bonchev–Trinajstić information content (AvgIpc) is 3.50. The van der Waals surface area contributed by atoms with E-state index in [1.54, 1.807) is 38.3 Å². The Morgan fingerprint density at radius 1 is 0.780 bits per heavy atom. The third kappa shape index (κ3) is 10.8. The molecule has 2 rings (SSSR count). The number of nitrogens with two attached hydrogens (primary N) is 3. The molecule has 0 radical (unpaired) electrons. The van der Waals surface area contributed by atoms with Crippen LogP contribution in [0.1, 0.15) is 18.1 Å². The molecule has 0 saturated carbocycles. The molecule has 0 unspecified atom stereocenters. The number of methoxy groups -OCH3 is 1. The van der Waals surface area contributed by atoms with Crippen LogP contribution in [0.4, 0.5) is 0 Å². The predicted octanol–water partition coefficient (Wildman–Crippen LogP) is -1.56. The summed E-state index contributed by atoms with van der Waals surface area (Å²) in [5.74, 6) is -1.06. The highest BCUT2D eigenvalue weighted by molar-refractivity contribution is 5.90. The first-order valence-corrected chi connectivity index (χ1v) is 13.4. The number of carbonyl (C=O) groups is 4. The number of hydrogen-bond donors (Lipinski definition) is 5.